The van der Waals surface area contributed by atoms with Crippen molar-refractivity contribution in [3.8, 4) is 5.75 Å². The summed E-state index contributed by atoms with van der Waals surface area (Å²) in [5.74, 6) is -0.0742. The van der Waals surface area contributed by atoms with Crippen LogP contribution in [0.2, 0.25) is 5.02 Å². The number of aromatic nitrogens is 1. The summed E-state index contributed by atoms with van der Waals surface area (Å²) in [5, 5.41) is 3.47. The smallest absolute Gasteiger partial charge is 0.418 e. The Labute approximate surface area is 186 Å². The van der Waals surface area contributed by atoms with Crippen LogP contribution in [0, 0.1) is 6.92 Å². The number of hydrogen-bond donors (Lipinski definition) is 1. The maximum absolute atomic E-state index is 13.5. The van der Waals surface area contributed by atoms with Gasteiger partial charge in [0.2, 0.25) is 0 Å². The average Bonchev–Trinajstić information content (AvgIpc) is 3.07. The molecule has 2 aromatic carbocycles. The fourth-order valence-electron chi connectivity index (χ4n) is 2.73. The Kier molecular flexibility index (Phi) is 6.76. The number of nitrogens with one attached hydrogen (secondary N) is 1. The molecule has 0 fully saturated rings. The maximum Gasteiger partial charge on any atom is 0.418 e. The van der Waals surface area contributed by atoms with E-state index in [-0.39, 0.29) is 17.2 Å². The average molecular weight is 470 g/mol. The minimum atomic E-state index is -4.62. The van der Waals surface area contributed by atoms with Gasteiger partial charge in [-0.3, -0.25) is 4.79 Å². The molecule has 1 N–H and O–H groups in total. The van der Waals surface area contributed by atoms with Crippen LogP contribution in [0.5, 0.6) is 5.75 Å². The minimum absolute atomic E-state index is 0.117. The lowest BCUT2D eigenvalue weighted by Gasteiger charge is -2.18. The fraction of sp³-hybridized carbons (Fsp3) is 0.238. The van der Waals surface area contributed by atoms with Crippen LogP contribution in [-0.2, 0) is 12.8 Å². The van der Waals surface area contributed by atoms with Gasteiger partial charge in [0.15, 0.2) is 0 Å². The van der Waals surface area contributed by atoms with Gasteiger partial charge in [0.25, 0.3) is 5.91 Å². The second kappa shape index (κ2) is 9.15. The van der Waals surface area contributed by atoms with Crippen molar-refractivity contribution >= 4 is 40.2 Å². The fourth-order valence-corrected chi connectivity index (χ4v) is 3.73. The molecule has 0 unspecified atom stereocenters. The number of thiazole rings is 1. The van der Waals surface area contributed by atoms with Crippen molar-refractivity contribution in [1.29, 1.82) is 0 Å². The lowest BCUT2D eigenvalue weighted by molar-refractivity contribution is -0.136. The number of benzene rings is 2. The van der Waals surface area contributed by atoms with Crippen LogP contribution in [0.15, 0.2) is 42.5 Å². The van der Waals surface area contributed by atoms with Crippen molar-refractivity contribution in [1.82, 2.24) is 4.98 Å². The summed E-state index contributed by atoms with van der Waals surface area (Å²) >= 11 is 6.90. The Morgan fingerprint density at radius 2 is 1.87 bits per heavy atom. The SMILES string of the molecule is Cc1nc(COc2ccc(Cl)cc2)sc1C(=O)Nc1ccc(N(C)C)cc1C(F)(F)F. The number of hydrogen-bond acceptors (Lipinski definition) is 5. The molecule has 1 aromatic heterocycles. The van der Waals surface area contributed by atoms with Gasteiger partial charge < -0.3 is 15.0 Å². The van der Waals surface area contributed by atoms with Crippen molar-refractivity contribution in [2.45, 2.75) is 19.7 Å². The van der Waals surface area contributed by atoms with E-state index in [0.29, 0.717) is 27.2 Å². The maximum atomic E-state index is 13.5. The molecule has 0 bridgehead atoms. The molecule has 0 spiro atoms. The van der Waals surface area contributed by atoms with Crippen molar-refractivity contribution in [3.05, 3.63) is 68.6 Å². The van der Waals surface area contributed by atoms with Gasteiger partial charge in [0, 0.05) is 24.8 Å². The number of aryl methyl sites for hydroxylation is 1. The van der Waals surface area contributed by atoms with Crippen LogP contribution in [-0.4, -0.2) is 25.0 Å². The standard InChI is InChI=1S/C21H19ClF3N3O2S/c1-12-19(31-18(26-12)11-30-15-7-4-13(22)5-8-15)20(29)27-17-9-6-14(28(2)3)10-16(17)21(23,24)25/h4-10H,11H2,1-3H3,(H,27,29). The van der Waals surface area contributed by atoms with E-state index in [1.807, 2.05) is 0 Å². The van der Waals surface area contributed by atoms with Gasteiger partial charge in [-0.15, -0.1) is 11.3 Å². The third-order valence-corrected chi connectivity index (χ3v) is 5.68. The molecule has 1 heterocycles. The monoisotopic (exact) mass is 469 g/mol. The molecule has 0 atom stereocenters. The number of rotatable bonds is 6. The normalized spacial score (nSPS) is 11.3. The van der Waals surface area contributed by atoms with Gasteiger partial charge in [0.1, 0.15) is 22.2 Å². The van der Waals surface area contributed by atoms with Gasteiger partial charge in [0.05, 0.1) is 16.9 Å². The summed E-state index contributed by atoms with van der Waals surface area (Å²) in [6.07, 6.45) is -4.62. The third-order valence-electron chi connectivity index (χ3n) is 4.30. The molecule has 31 heavy (non-hydrogen) atoms. The number of halogens is 4. The van der Waals surface area contributed by atoms with Crippen molar-refractivity contribution < 1.29 is 22.7 Å². The Bertz CT molecular complexity index is 1080. The molecule has 0 aliphatic rings. The highest BCUT2D eigenvalue weighted by Gasteiger charge is 2.34. The molecule has 1 amide bonds. The topological polar surface area (TPSA) is 54.5 Å². The predicted octanol–water partition coefficient (Wildman–Crippen LogP) is 6.02. The van der Waals surface area contributed by atoms with Crippen LogP contribution < -0.4 is 15.0 Å². The molecule has 3 aromatic rings. The van der Waals surface area contributed by atoms with E-state index in [2.05, 4.69) is 10.3 Å². The second-order valence-corrected chi connectivity index (χ2v) is 8.36. The molecule has 0 aliphatic carbocycles. The number of carbonyl (C=O) groups is 1. The molecule has 164 valence electrons. The predicted molar refractivity (Wildman–Crippen MR) is 116 cm³/mol. The molecule has 0 aliphatic heterocycles. The van der Waals surface area contributed by atoms with Crippen LogP contribution >= 0.6 is 22.9 Å². The zero-order valence-corrected chi connectivity index (χ0v) is 18.5. The lowest BCUT2D eigenvalue weighted by Crippen LogP contribution is -2.18. The number of carbonyl (C=O) groups excluding carboxylic acids is 1. The summed E-state index contributed by atoms with van der Waals surface area (Å²) in [6, 6.07) is 10.5. The summed E-state index contributed by atoms with van der Waals surface area (Å²) < 4.78 is 46.1. The highest BCUT2D eigenvalue weighted by Crippen LogP contribution is 2.37. The van der Waals surface area contributed by atoms with E-state index < -0.39 is 17.6 Å². The molecule has 0 radical (unpaired) electrons. The molecule has 3 rings (SSSR count). The van der Waals surface area contributed by atoms with Gasteiger partial charge in [-0.2, -0.15) is 13.2 Å². The van der Waals surface area contributed by atoms with Crippen LogP contribution in [0.25, 0.3) is 0 Å². The van der Waals surface area contributed by atoms with Crippen LogP contribution in [0.4, 0.5) is 24.5 Å². The highest BCUT2D eigenvalue weighted by atomic mass is 35.5. The summed E-state index contributed by atoms with van der Waals surface area (Å²) in [4.78, 5) is 18.8. The van der Waals surface area contributed by atoms with Crippen molar-refractivity contribution in [2.24, 2.45) is 0 Å². The quantitative estimate of drug-likeness (QED) is 0.479. The van der Waals surface area contributed by atoms with Crippen LogP contribution in [0.1, 0.15) is 25.9 Å². The second-order valence-electron chi connectivity index (χ2n) is 6.84. The summed E-state index contributed by atoms with van der Waals surface area (Å²) in [6.45, 7) is 1.74. The van der Waals surface area contributed by atoms with Gasteiger partial charge in [-0.1, -0.05) is 11.6 Å². The van der Waals surface area contributed by atoms with E-state index in [0.717, 1.165) is 17.4 Å². The molecule has 5 nitrogen and oxygen atoms in total. The van der Waals surface area contributed by atoms with Gasteiger partial charge >= 0.3 is 6.18 Å². The molecular formula is C21H19ClF3N3O2S. The van der Waals surface area contributed by atoms with E-state index in [1.165, 1.54) is 12.1 Å². The first-order valence-electron chi connectivity index (χ1n) is 9.09. The summed E-state index contributed by atoms with van der Waals surface area (Å²) in [5.41, 5.74) is -0.438. The number of ether oxygens (including phenoxy) is 1. The van der Waals surface area contributed by atoms with Gasteiger partial charge in [-0.25, -0.2) is 4.98 Å². The van der Waals surface area contributed by atoms with E-state index >= 15 is 0 Å². The molecular weight excluding hydrogens is 451 g/mol. The zero-order chi connectivity index (χ0) is 22.8. The van der Waals surface area contributed by atoms with Crippen LogP contribution in [0.3, 0.4) is 0 Å². The Morgan fingerprint density at radius 3 is 2.48 bits per heavy atom. The lowest BCUT2D eigenvalue weighted by atomic mass is 10.1. The first-order valence-corrected chi connectivity index (χ1v) is 10.3. The Balaban J connectivity index is 1.77. The first kappa shape index (κ1) is 22.9. The number of nitrogens with zero attached hydrogens (tertiary/aromatic N) is 2. The number of alkyl halides is 3. The minimum Gasteiger partial charge on any atom is -0.486 e. The number of amides is 1. The Hall–Kier alpha value is -2.78. The summed E-state index contributed by atoms with van der Waals surface area (Å²) in [7, 11) is 3.28. The first-order chi connectivity index (χ1) is 14.5. The molecule has 10 heteroatoms. The number of anilines is 2. The van der Waals surface area contributed by atoms with Crippen molar-refractivity contribution in [3.63, 3.8) is 0 Å². The van der Waals surface area contributed by atoms with E-state index in [4.69, 9.17) is 16.3 Å². The largest absolute Gasteiger partial charge is 0.486 e. The van der Waals surface area contributed by atoms with Crippen molar-refractivity contribution in [2.75, 3.05) is 24.3 Å². The third kappa shape index (κ3) is 5.68. The van der Waals surface area contributed by atoms with E-state index in [1.54, 1.807) is 50.2 Å². The van der Waals surface area contributed by atoms with E-state index in [9.17, 15) is 18.0 Å². The highest BCUT2D eigenvalue weighted by molar-refractivity contribution is 7.13. The molecule has 0 saturated heterocycles. The zero-order valence-electron chi connectivity index (χ0n) is 16.9. The van der Waals surface area contributed by atoms with Gasteiger partial charge in [-0.05, 0) is 49.4 Å². The Morgan fingerprint density at radius 1 is 1.19 bits per heavy atom. The molecule has 0 saturated carbocycles.